The van der Waals surface area contributed by atoms with Crippen LogP contribution >= 0.6 is 0 Å². The number of nitrogens with zero attached hydrogens (tertiary/aromatic N) is 4. The summed E-state index contributed by atoms with van der Waals surface area (Å²) in [5, 5.41) is 24.1. The minimum absolute atomic E-state index is 0.0226. The molecule has 1 heterocycles. The molecule has 0 spiro atoms. The second-order valence-electron chi connectivity index (χ2n) is 3.85. The first-order valence-electron chi connectivity index (χ1n) is 5.56. The van der Waals surface area contributed by atoms with Gasteiger partial charge >= 0.3 is 5.69 Å². The Morgan fingerprint density at radius 3 is 2.65 bits per heavy atom. The second-order valence-corrected chi connectivity index (χ2v) is 3.85. The Labute approximate surface area is 99.8 Å². The van der Waals surface area contributed by atoms with Gasteiger partial charge in [-0.15, -0.1) is 0 Å². The van der Waals surface area contributed by atoms with E-state index in [4.69, 9.17) is 5.11 Å². The standard InChI is InChI=1S/C10H18N4O3/c1-4-5-13(6-7-15)10-9(14(16)17)8(2)11-12(10)3/h15H,4-7H2,1-3H3. The van der Waals surface area contributed by atoms with E-state index in [1.807, 2.05) is 6.92 Å². The molecule has 17 heavy (non-hydrogen) atoms. The quantitative estimate of drug-likeness (QED) is 0.590. The van der Waals surface area contributed by atoms with E-state index in [2.05, 4.69) is 5.10 Å². The maximum Gasteiger partial charge on any atom is 0.333 e. The van der Waals surface area contributed by atoms with Crippen molar-refractivity contribution >= 4 is 11.5 Å². The van der Waals surface area contributed by atoms with Gasteiger partial charge in [0.2, 0.25) is 5.82 Å². The highest BCUT2D eigenvalue weighted by molar-refractivity contribution is 5.61. The highest BCUT2D eigenvalue weighted by atomic mass is 16.6. The number of aromatic nitrogens is 2. The van der Waals surface area contributed by atoms with E-state index in [1.165, 1.54) is 4.68 Å². The molecule has 0 saturated heterocycles. The van der Waals surface area contributed by atoms with Crippen LogP contribution in [0, 0.1) is 17.0 Å². The maximum absolute atomic E-state index is 11.0. The van der Waals surface area contributed by atoms with Crippen LogP contribution in [0.15, 0.2) is 0 Å². The first-order chi connectivity index (χ1) is 8.02. The molecule has 0 radical (unpaired) electrons. The van der Waals surface area contributed by atoms with Crippen LogP contribution in [-0.4, -0.2) is 39.5 Å². The van der Waals surface area contributed by atoms with Crippen molar-refractivity contribution in [3.05, 3.63) is 15.8 Å². The van der Waals surface area contributed by atoms with Gasteiger partial charge in [-0.3, -0.25) is 10.1 Å². The fraction of sp³-hybridized carbons (Fsp3) is 0.700. The zero-order valence-corrected chi connectivity index (χ0v) is 10.4. The molecule has 0 aliphatic heterocycles. The van der Waals surface area contributed by atoms with Gasteiger partial charge in [-0.2, -0.15) is 5.10 Å². The van der Waals surface area contributed by atoms with Crippen LogP contribution in [0.25, 0.3) is 0 Å². The molecule has 1 rings (SSSR count). The molecule has 1 N–H and O–H groups in total. The summed E-state index contributed by atoms with van der Waals surface area (Å²) < 4.78 is 1.50. The lowest BCUT2D eigenvalue weighted by molar-refractivity contribution is -0.384. The lowest BCUT2D eigenvalue weighted by Gasteiger charge is -2.22. The Morgan fingerprint density at radius 2 is 2.18 bits per heavy atom. The molecule has 0 amide bonds. The molecule has 0 fully saturated rings. The first kappa shape index (κ1) is 13.4. The van der Waals surface area contributed by atoms with Crippen molar-refractivity contribution in [1.82, 2.24) is 9.78 Å². The first-order valence-corrected chi connectivity index (χ1v) is 5.56. The van der Waals surface area contributed by atoms with Crippen molar-refractivity contribution in [2.45, 2.75) is 20.3 Å². The predicted molar refractivity (Wildman–Crippen MR) is 64.2 cm³/mol. The SMILES string of the molecule is CCCN(CCO)c1c([N+](=O)[O-])c(C)nn1C. The van der Waals surface area contributed by atoms with Gasteiger partial charge < -0.3 is 10.0 Å². The second kappa shape index (κ2) is 5.62. The molecule has 0 atom stereocenters. The summed E-state index contributed by atoms with van der Waals surface area (Å²) in [6.07, 6.45) is 0.849. The smallest absolute Gasteiger partial charge is 0.333 e. The Bertz CT molecular complexity index is 397. The number of hydrogen-bond acceptors (Lipinski definition) is 5. The number of aliphatic hydroxyl groups excluding tert-OH is 1. The average molecular weight is 242 g/mol. The molecule has 0 aliphatic carbocycles. The highest BCUT2D eigenvalue weighted by Crippen LogP contribution is 2.30. The molecular formula is C10H18N4O3. The van der Waals surface area contributed by atoms with Crippen LogP contribution < -0.4 is 4.90 Å². The van der Waals surface area contributed by atoms with E-state index in [-0.39, 0.29) is 12.3 Å². The number of aryl methyl sites for hydroxylation is 2. The van der Waals surface area contributed by atoms with Gasteiger partial charge in [-0.05, 0) is 13.3 Å². The lowest BCUT2D eigenvalue weighted by atomic mass is 10.3. The van der Waals surface area contributed by atoms with Gasteiger partial charge in [0.25, 0.3) is 0 Å². The van der Waals surface area contributed by atoms with E-state index >= 15 is 0 Å². The number of aliphatic hydroxyl groups is 1. The van der Waals surface area contributed by atoms with Crippen LogP contribution in [0.1, 0.15) is 19.0 Å². The van der Waals surface area contributed by atoms with E-state index in [9.17, 15) is 10.1 Å². The van der Waals surface area contributed by atoms with Crippen molar-refractivity contribution in [3.63, 3.8) is 0 Å². The molecule has 7 nitrogen and oxygen atoms in total. The van der Waals surface area contributed by atoms with Gasteiger partial charge in [0.1, 0.15) is 5.69 Å². The van der Waals surface area contributed by atoms with Crippen molar-refractivity contribution in [3.8, 4) is 0 Å². The van der Waals surface area contributed by atoms with Crippen LogP contribution in [-0.2, 0) is 7.05 Å². The molecule has 1 aromatic rings. The molecule has 96 valence electrons. The predicted octanol–water partition coefficient (Wildman–Crippen LogP) is 0.845. The summed E-state index contributed by atoms with van der Waals surface area (Å²) in [6, 6.07) is 0. The molecule has 0 bridgehead atoms. The fourth-order valence-corrected chi connectivity index (χ4v) is 1.92. The summed E-state index contributed by atoms with van der Waals surface area (Å²) in [6.45, 7) is 4.58. The monoisotopic (exact) mass is 242 g/mol. The summed E-state index contributed by atoms with van der Waals surface area (Å²) in [4.78, 5) is 12.4. The van der Waals surface area contributed by atoms with Crippen molar-refractivity contribution < 1.29 is 10.0 Å². The molecule has 1 aromatic heterocycles. The van der Waals surface area contributed by atoms with Gasteiger partial charge in [0.15, 0.2) is 0 Å². The summed E-state index contributed by atoms with van der Waals surface area (Å²) in [5.74, 6) is 0.461. The third-order valence-electron chi connectivity index (χ3n) is 2.51. The molecule has 0 aliphatic rings. The highest BCUT2D eigenvalue weighted by Gasteiger charge is 2.27. The summed E-state index contributed by atoms with van der Waals surface area (Å²) in [5.41, 5.74) is 0.418. The molecular weight excluding hydrogens is 224 g/mol. The summed E-state index contributed by atoms with van der Waals surface area (Å²) in [7, 11) is 1.68. The van der Waals surface area contributed by atoms with E-state index in [1.54, 1.807) is 18.9 Å². The lowest BCUT2D eigenvalue weighted by Crippen LogP contribution is -2.29. The largest absolute Gasteiger partial charge is 0.395 e. The Balaban J connectivity index is 3.20. The van der Waals surface area contributed by atoms with E-state index in [0.29, 0.717) is 24.6 Å². The van der Waals surface area contributed by atoms with E-state index < -0.39 is 4.92 Å². The van der Waals surface area contributed by atoms with Gasteiger partial charge in [0, 0.05) is 20.1 Å². The number of nitro groups is 1. The van der Waals surface area contributed by atoms with Crippen LogP contribution in [0.2, 0.25) is 0 Å². The third kappa shape index (κ3) is 2.73. The normalized spacial score (nSPS) is 10.6. The zero-order chi connectivity index (χ0) is 13.0. The topological polar surface area (TPSA) is 84.4 Å². The molecule has 0 aromatic carbocycles. The minimum atomic E-state index is -0.419. The van der Waals surface area contributed by atoms with E-state index in [0.717, 1.165) is 6.42 Å². The van der Waals surface area contributed by atoms with Crippen molar-refractivity contribution in [2.75, 3.05) is 24.6 Å². The number of hydrogen-bond donors (Lipinski definition) is 1. The fourth-order valence-electron chi connectivity index (χ4n) is 1.92. The van der Waals surface area contributed by atoms with Crippen molar-refractivity contribution in [1.29, 1.82) is 0 Å². The Hall–Kier alpha value is -1.63. The average Bonchev–Trinajstić information content (AvgIpc) is 2.53. The Kier molecular flexibility index (Phi) is 4.45. The van der Waals surface area contributed by atoms with Gasteiger partial charge in [0.05, 0.1) is 11.5 Å². The van der Waals surface area contributed by atoms with Gasteiger partial charge in [-0.1, -0.05) is 6.92 Å². The van der Waals surface area contributed by atoms with Crippen LogP contribution in [0.3, 0.4) is 0 Å². The van der Waals surface area contributed by atoms with Crippen LogP contribution in [0.5, 0.6) is 0 Å². The number of rotatable bonds is 6. The molecule has 7 heteroatoms. The van der Waals surface area contributed by atoms with Crippen molar-refractivity contribution in [2.24, 2.45) is 7.05 Å². The van der Waals surface area contributed by atoms with Crippen LogP contribution in [0.4, 0.5) is 11.5 Å². The van der Waals surface area contributed by atoms with Gasteiger partial charge in [-0.25, -0.2) is 4.68 Å². The third-order valence-corrected chi connectivity index (χ3v) is 2.51. The minimum Gasteiger partial charge on any atom is -0.395 e. The Morgan fingerprint density at radius 1 is 1.53 bits per heavy atom. The molecule has 0 unspecified atom stereocenters. The zero-order valence-electron chi connectivity index (χ0n) is 10.4. The number of anilines is 1. The maximum atomic E-state index is 11.0. The molecule has 0 saturated carbocycles. The summed E-state index contributed by atoms with van der Waals surface area (Å²) >= 11 is 0.